The van der Waals surface area contributed by atoms with Crippen molar-refractivity contribution in [1.82, 2.24) is 10.3 Å². The Balaban J connectivity index is 1.40. The molecule has 1 N–H and O–H groups in total. The number of amides is 1. The molecule has 0 unspecified atom stereocenters. The molecular weight excluding hydrogens is 432 g/mol. The quantitative estimate of drug-likeness (QED) is 0.690. The minimum Gasteiger partial charge on any atom is -0.474 e. The maximum Gasteiger partial charge on any atom is 0.231 e. The lowest BCUT2D eigenvalue weighted by Crippen LogP contribution is -2.47. The van der Waals surface area contributed by atoms with Crippen LogP contribution in [0.1, 0.15) is 49.7 Å². The van der Waals surface area contributed by atoms with E-state index in [2.05, 4.69) is 26.2 Å². The monoisotopic (exact) mass is 458 g/mol. The third kappa shape index (κ3) is 4.81. The van der Waals surface area contributed by atoms with Crippen LogP contribution in [0.25, 0.3) is 0 Å². The van der Waals surface area contributed by atoms with E-state index in [0.717, 1.165) is 28.4 Å². The third-order valence-corrected chi connectivity index (χ3v) is 6.55. The summed E-state index contributed by atoms with van der Waals surface area (Å²) in [6, 6.07) is 11.9. The summed E-state index contributed by atoms with van der Waals surface area (Å²) >= 11 is 3.48. The zero-order valence-corrected chi connectivity index (χ0v) is 18.1. The van der Waals surface area contributed by atoms with Crippen LogP contribution >= 0.6 is 15.9 Å². The summed E-state index contributed by atoms with van der Waals surface area (Å²) in [7, 11) is 0. The topological polar surface area (TPSA) is 60.5 Å². The molecule has 0 bridgehead atoms. The van der Waals surface area contributed by atoms with Gasteiger partial charge in [0.15, 0.2) is 0 Å². The number of carbonyl (C=O) groups is 1. The van der Waals surface area contributed by atoms with E-state index < -0.39 is 5.41 Å². The highest BCUT2D eigenvalue weighted by molar-refractivity contribution is 9.10. The lowest BCUT2D eigenvalue weighted by Gasteiger charge is -2.36. The molecule has 1 saturated heterocycles. The average Bonchev–Trinajstić information content (AvgIpc) is 3.27. The highest BCUT2D eigenvalue weighted by Crippen LogP contribution is 2.36. The van der Waals surface area contributed by atoms with Crippen LogP contribution in [0, 0.1) is 0 Å². The molecule has 2 heterocycles. The van der Waals surface area contributed by atoms with Crippen LogP contribution in [0.5, 0.6) is 5.88 Å². The number of aromatic nitrogens is 1. The van der Waals surface area contributed by atoms with Gasteiger partial charge in [-0.15, -0.1) is 0 Å². The van der Waals surface area contributed by atoms with Crippen molar-refractivity contribution in [3.8, 4) is 5.88 Å². The SMILES string of the molecule is O=C(NCc1ccc(OC2CCCC2)nc1)C1(c2ccc(Br)cc2)CCOCC1. The maximum absolute atomic E-state index is 13.3. The molecule has 1 aliphatic carbocycles. The summed E-state index contributed by atoms with van der Waals surface area (Å²) in [4.78, 5) is 17.7. The smallest absolute Gasteiger partial charge is 0.231 e. The van der Waals surface area contributed by atoms with Crippen molar-refractivity contribution in [2.24, 2.45) is 0 Å². The Kier molecular flexibility index (Phi) is 6.50. The molecule has 4 rings (SSSR count). The Labute approximate surface area is 180 Å². The third-order valence-electron chi connectivity index (χ3n) is 6.02. The van der Waals surface area contributed by atoms with Crippen molar-refractivity contribution in [1.29, 1.82) is 0 Å². The number of pyridine rings is 1. The van der Waals surface area contributed by atoms with Crippen molar-refractivity contribution in [2.75, 3.05) is 13.2 Å². The fourth-order valence-corrected chi connectivity index (χ4v) is 4.51. The minimum atomic E-state index is -0.544. The summed E-state index contributed by atoms with van der Waals surface area (Å²) in [5.41, 5.74) is 1.47. The van der Waals surface area contributed by atoms with E-state index in [1.807, 2.05) is 36.4 Å². The van der Waals surface area contributed by atoms with Gasteiger partial charge >= 0.3 is 0 Å². The first-order valence-electron chi connectivity index (χ1n) is 10.4. The fraction of sp³-hybridized carbons (Fsp3) is 0.478. The molecule has 154 valence electrons. The van der Waals surface area contributed by atoms with Crippen molar-refractivity contribution in [3.63, 3.8) is 0 Å². The van der Waals surface area contributed by atoms with Gasteiger partial charge in [0.1, 0.15) is 6.10 Å². The molecule has 1 aromatic carbocycles. The number of carbonyl (C=O) groups excluding carboxylic acids is 1. The molecule has 1 amide bonds. The number of nitrogens with one attached hydrogen (secondary N) is 1. The van der Waals surface area contributed by atoms with E-state index in [0.29, 0.717) is 44.6 Å². The van der Waals surface area contributed by atoms with E-state index in [1.54, 1.807) is 6.20 Å². The largest absolute Gasteiger partial charge is 0.474 e. The summed E-state index contributed by atoms with van der Waals surface area (Å²) in [6.07, 6.45) is 8.16. The zero-order valence-electron chi connectivity index (χ0n) is 16.5. The maximum atomic E-state index is 13.3. The molecule has 1 aliphatic heterocycles. The van der Waals surface area contributed by atoms with Gasteiger partial charge in [-0.2, -0.15) is 0 Å². The summed E-state index contributed by atoms with van der Waals surface area (Å²) in [5, 5.41) is 3.13. The Bertz CT molecular complexity index is 811. The van der Waals surface area contributed by atoms with Gasteiger partial charge in [0.25, 0.3) is 0 Å². The molecule has 2 fully saturated rings. The number of hydrogen-bond acceptors (Lipinski definition) is 4. The molecule has 2 aliphatic rings. The second-order valence-electron chi connectivity index (χ2n) is 7.91. The molecule has 5 nitrogen and oxygen atoms in total. The molecule has 0 spiro atoms. The number of benzene rings is 1. The molecule has 2 aromatic rings. The van der Waals surface area contributed by atoms with Gasteiger partial charge in [0.05, 0.1) is 5.41 Å². The van der Waals surface area contributed by atoms with Gasteiger partial charge < -0.3 is 14.8 Å². The van der Waals surface area contributed by atoms with E-state index in [4.69, 9.17) is 9.47 Å². The normalized spacial score (nSPS) is 19.1. The highest BCUT2D eigenvalue weighted by Gasteiger charge is 2.41. The van der Waals surface area contributed by atoms with Crippen molar-refractivity contribution < 1.29 is 14.3 Å². The predicted octanol–water partition coefficient (Wildman–Crippen LogP) is 4.53. The first-order valence-corrected chi connectivity index (χ1v) is 11.2. The Morgan fingerprint density at radius 3 is 2.52 bits per heavy atom. The second-order valence-corrected chi connectivity index (χ2v) is 8.83. The minimum absolute atomic E-state index is 0.0504. The standard InChI is InChI=1S/C23H27BrN2O3/c24-19-8-6-18(7-9-19)23(11-13-28-14-12-23)22(27)26-16-17-5-10-21(25-15-17)29-20-3-1-2-4-20/h5-10,15,20H,1-4,11-14,16H2,(H,26,27). The van der Waals surface area contributed by atoms with E-state index in [1.165, 1.54) is 12.8 Å². The number of hydrogen-bond donors (Lipinski definition) is 1. The number of ether oxygens (including phenoxy) is 2. The van der Waals surface area contributed by atoms with E-state index in [-0.39, 0.29) is 5.91 Å². The molecule has 1 aromatic heterocycles. The van der Waals surface area contributed by atoms with E-state index in [9.17, 15) is 4.79 Å². The van der Waals surface area contributed by atoms with Crippen molar-refractivity contribution >= 4 is 21.8 Å². The molecule has 0 radical (unpaired) electrons. The van der Waals surface area contributed by atoms with Crippen LogP contribution in [-0.4, -0.2) is 30.2 Å². The molecule has 6 heteroatoms. The van der Waals surface area contributed by atoms with Gasteiger partial charge in [-0.05, 0) is 61.8 Å². The first kappa shape index (κ1) is 20.4. The van der Waals surface area contributed by atoms with Gasteiger partial charge in [0.2, 0.25) is 11.8 Å². The summed E-state index contributed by atoms with van der Waals surface area (Å²) < 4.78 is 12.5. The van der Waals surface area contributed by atoms with Crippen molar-refractivity contribution in [3.05, 3.63) is 58.2 Å². The van der Waals surface area contributed by atoms with Crippen LogP contribution in [0.4, 0.5) is 0 Å². The van der Waals surface area contributed by atoms with Crippen LogP contribution in [0.15, 0.2) is 47.1 Å². The van der Waals surface area contributed by atoms with Gasteiger partial charge in [0, 0.05) is 36.5 Å². The lowest BCUT2D eigenvalue weighted by atomic mass is 9.73. The Morgan fingerprint density at radius 1 is 1.14 bits per heavy atom. The first-order chi connectivity index (χ1) is 14.2. The summed E-state index contributed by atoms with van der Waals surface area (Å²) in [6.45, 7) is 1.64. The molecule has 29 heavy (non-hydrogen) atoms. The van der Waals surface area contributed by atoms with Crippen LogP contribution in [0.3, 0.4) is 0 Å². The zero-order chi connectivity index (χ0) is 20.1. The van der Waals surface area contributed by atoms with E-state index >= 15 is 0 Å². The number of halogens is 1. The second kappa shape index (κ2) is 9.26. The Hall–Kier alpha value is -1.92. The predicted molar refractivity (Wildman–Crippen MR) is 115 cm³/mol. The van der Waals surface area contributed by atoms with Crippen LogP contribution < -0.4 is 10.1 Å². The fourth-order valence-electron chi connectivity index (χ4n) is 4.25. The molecular formula is C23H27BrN2O3. The molecule has 1 saturated carbocycles. The lowest BCUT2D eigenvalue weighted by molar-refractivity contribution is -0.130. The molecule has 0 atom stereocenters. The highest BCUT2D eigenvalue weighted by atomic mass is 79.9. The van der Waals surface area contributed by atoms with Crippen LogP contribution in [0.2, 0.25) is 0 Å². The number of nitrogens with zero attached hydrogens (tertiary/aromatic N) is 1. The van der Waals surface area contributed by atoms with Crippen molar-refractivity contribution in [2.45, 2.75) is 56.6 Å². The summed E-state index contributed by atoms with van der Waals surface area (Å²) in [5.74, 6) is 0.720. The Morgan fingerprint density at radius 2 is 1.86 bits per heavy atom. The van der Waals surface area contributed by atoms with Gasteiger partial charge in [-0.3, -0.25) is 4.79 Å². The average molecular weight is 459 g/mol. The van der Waals surface area contributed by atoms with Gasteiger partial charge in [-0.1, -0.05) is 34.1 Å². The number of rotatable bonds is 6. The van der Waals surface area contributed by atoms with Crippen LogP contribution in [-0.2, 0) is 21.5 Å². The van der Waals surface area contributed by atoms with Gasteiger partial charge in [-0.25, -0.2) is 4.98 Å².